The molecular weight excluding hydrogens is 380 g/mol. The zero-order valence-electron chi connectivity index (χ0n) is 13.6. The van der Waals surface area contributed by atoms with Crippen LogP contribution in [0, 0.1) is 11.7 Å². The lowest BCUT2D eigenvalue weighted by atomic mass is 9.76. The zero-order valence-corrected chi connectivity index (χ0v) is 14.4. The van der Waals surface area contributed by atoms with Crippen LogP contribution in [-0.4, -0.2) is 22.3 Å². The van der Waals surface area contributed by atoms with Crippen LogP contribution in [-0.2, 0) is 6.18 Å². The molecule has 1 saturated carbocycles. The summed E-state index contributed by atoms with van der Waals surface area (Å²) in [5.74, 6) is -2.55. The first-order valence-electron chi connectivity index (χ1n) is 7.64. The molecule has 1 atom stereocenters. The monoisotopic (exact) mass is 396 g/mol. The molecule has 0 radical (unpaired) electrons. The molecule has 1 aromatic heterocycles. The van der Waals surface area contributed by atoms with E-state index in [2.05, 4.69) is 14.8 Å². The highest BCUT2D eigenvalue weighted by molar-refractivity contribution is 5.85. The van der Waals surface area contributed by atoms with E-state index in [1.807, 2.05) is 5.10 Å². The van der Waals surface area contributed by atoms with Gasteiger partial charge in [-0.3, -0.25) is 0 Å². The van der Waals surface area contributed by atoms with E-state index in [1.54, 1.807) is 6.92 Å². The summed E-state index contributed by atoms with van der Waals surface area (Å²) in [6, 6.07) is 1.41. The lowest BCUT2D eigenvalue weighted by molar-refractivity contribution is -0.139. The molecule has 0 spiro atoms. The zero-order chi connectivity index (χ0) is 18.4. The van der Waals surface area contributed by atoms with Crippen LogP contribution in [0.3, 0.4) is 0 Å². The Morgan fingerprint density at radius 3 is 2.54 bits per heavy atom. The maximum Gasteiger partial charge on any atom is 0.434 e. The summed E-state index contributed by atoms with van der Waals surface area (Å²) in [4.78, 5) is 11.0. The van der Waals surface area contributed by atoms with Crippen LogP contribution < -0.4 is 16.8 Å². The average Bonchev–Trinajstić information content (AvgIpc) is 2.88. The Bertz CT molecular complexity index is 830. The van der Waals surface area contributed by atoms with E-state index in [0.717, 1.165) is 6.07 Å². The molecule has 1 fully saturated rings. The van der Waals surface area contributed by atoms with Gasteiger partial charge >= 0.3 is 11.9 Å². The summed E-state index contributed by atoms with van der Waals surface area (Å²) >= 11 is 0. The second-order valence-corrected chi connectivity index (χ2v) is 6.22. The van der Waals surface area contributed by atoms with Crippen molar-refractivity contribution in [1.29, 1.82) is 0 Å². The van der Waals surface area contributed by atoms with Crippen molar-refractivity contribution in [2.24, 2.45) is 11.7 Å². The first kappa shape index (κ1) is 20.2. The molecule has 2 aromatic rings. The number of hydrogen-bond donors (Lipinski definition) is 3. The molecule has 26 heavy (non-hydrogen) atoms. The smallest absolute Gasteiger partial charge is 0.388 e. The molecule has 1 aliphatic rings. The van der Waals surface area contributed by atoms with Crippen molar-refractivity contribution in [3.05, 3.63) is 34.1 Å². The van der Waals surface area contributed by atoms with E-state index < -0.39 is 29.0 Å². The minimum atomic E-state index is -4.88. The van der Waals surface area contributed by atoms with Crippen molar-refractivity contribution < 1.29 is 22.0 Å². The largest absolute Gasteiger partial charge is 0.434 e. The minimum Gasteiger partial charge on any atom is -0.388 e. The van der Waals surface area contributed by atoms with Crippen LogP contribution in [0.4, 0.5) is 23.2 Å². The van der Waals surface area contributed by atoms with Gasteiger partial charge in [0.2, 0.25) is 5.89 Å². The van der Waals surface area contributed by atoms with Gasteiger partial charge < -0.3 is 15.5 Å². The fraction of sp³-hybridized carbons (Fsp3) is 0.467. The Labute approximate surface area is 151 Å². The number of nitrogens with one attached hydrogen (secondary N) is 2. The van der Waals surface area contributed by atoms with Crippen LogP contribution in [0.25, 0.3) is 11.5 Å². The maximum atomic E-state index is 14.2. The van der Waals surface area contributed by atoms with Crippen LogP contribution >= 0.6 is 12.4 Å². The van der Waals surface area contributed by atoms with E-state index in [0.29, 0.717) is 18.9 Å². The second-order valence-electron chi connectivity index (χ2n) is 6.22. The third-order valence-corrected chi connectivity index (χ3v) is 4.36. The minimum absolute atomic E-state index is 0. The van der Waals surface area contributed by atoms with E-state index in [-0.39, 0.29) is 41.9 Å². The molecule has 0 unspecified atom stereocenters. The third-order valence-electron chi connectivity index (χ3n) is 4.36. The molecule has 0 amide bonds. The van der Waals surface area contributed by atoms with Crippen molar-refractivity contribution >= 4 is 18.1 Å². The Morgan fingerprint density at radius 1 is 1.38 bits per heavy atom. The fourth-order valence-corrected chi connectivity index (χ4v) is 2.97. The van der Waals surface area contributed by atoms with E-state index in [9.17, 15) is 22.4 Å². The van der Waals surface area contributed by atoms with Gasteiger partial charge in [0.15, 0.2) is 0 Å². The van der Waals surface area contributed by atoms with Crippen molar-refractivity contribution in [1.82, 2.24) is 10.2 Å². The molecule has 11 heteroatoms. The van der Waals surface area contributed by atoms with Crippen molar-refractivity contribution in [3.8, 4) is 11.5 Å². The van der Waals surface area contributed by atoms with E-state index in [4.69, 9.17) is 5.73 Å². The maximum absolute atomic E-state index is 14.2. The number of nitrogens with zero attached hydrogens (tertiary/aromatic N) is 1. The van der Waals surface area contributed by atoms with Gasteiger partial charge in [0, 0.05) is 17.6 Å². The predicted molar refractivity (Wildman–Crippen MR) is 88.6 cm³/mol. The number of alkyl halides is 3. The molecule has 144 valence electrons. The Kier molecular flexibility index (Phi) is 5.67. The summed E-state index contributed by atoms with van der Waals surface area (Å²) in [6.45, 7) is 1.72. The third kappa shape index (κ3) is 4.01. The summed E-state index contributed by atoms with van der Waals surface area (Å²) in [7, 11) is 0. The standard InChI is InChI=1S/C15H16F4N4O2.ClH/c1-6(7-2-9(20)3-7)21-11-5-8(13-22-23-14(24)25-13)4-10(16)12(11)15(17,18)19;/h4-7,9,21H,2-3,20H2,1H3,(H,23,24);1H/t6-,7?,9?;/m0./s1. The fourth-order valence-electron chi connectivity index (χ4n) is 2.97. The van der Waals surface area contributed by atoms with Crippen LogP contribution in [0.15, 0.2) is 21.3 Å². The number of anilines is 1. The number of hydrogen-bond acceptors (Lipinski definition) is 5. The number of rotatable bonds is 4. The number of nitrogens with two attached hydrogens (primary N) is 1. The predicted octanol–water partition coefficient (Wildman–Crippen LogP) is 3.15. The van der Waals surface area contributed by atoms with Gasteiger partial charge in [-0.25, -0.2) is 14.3 Å². The Morgan fingerprint density at radius 2 is 2.04 bits per heavy atom. The lowest BCUT2D eigenvalue weighted by Gasteiger charge is -2.38. The van der Waals surface area contributed by atoms with Gasteiger partial charge in [0.1, 0.15) is 11.4 Å². The van der Waals surface area contributed by atoms with Crippen LogP contribution in [0.5, 0.6) is 0 Å². The molecule has 0 aliphatic heterocycles. The van der Waals surface area contributed by atoms with Crippen molar-refractivity contribution in [2.75, 3.05) is 5.32 Å². The molecular formula is C15H17ClF4N4O2. The van der Waals surface area contributed by atoms with Gasteiger partial charge in [-0.15, -0.1) is 17.5 Å². The Balaban J connectivity index is 0.00000243. The highest BCUT2D eigenvalue weighted by Gasteiger charge is 2.39. The number of H-pyrrole nitrogens is 1. The summed E-state index contributed by atoms with van der Waals surface area (Å²) in [6.07, 6.45) is -3.51. The van der Waals surface area contributed by atoms with Gasteiger partial charge in [0.25, 0.3) is 0 Å². The molecule has 0 bridgehead atoms. The van der Waals surface area contributed by atoms with E-state index in [1.165, 1.54) is 0 Å². The molecule has 3 rings (SSSR count). The lowest BCUT2D eigenvalue weighted by Crippen LogP contribution is -2.44. The molecule has 6 nitrogen and oxygen atoms in total. The van der Waals surface area contributed by atoms with Gasteiger partial charge in [-0.1, -0.05) is 0 Å². The number of aromatic nitrogens is 2. The SMILES string of the molecule is C[C@H](Nc1cc(-c2n[nH]c(=O)o2)cc(F)c1C(F)(F)F)C1CC(N)C1.Cl. The first-order chi connectivity index (χ1) is 11.6. The quantitative estimate of drug-likeness (QED) is 0.690. The van der Waals surface area contributed by atoms with Gasteiger partial charge in [-0.2, -0.15) is 13.2 Å². The van der Waals surface area contributed by atoms with Gasteiger partial charge in [-0.05, 0) is 37.8 Å². The second kappa shape index (κ2) is 7.28. The normalized spacial score (nSPS) is 20.8. The number of benzene rings is 1. The molecule has 0 saturated heterocycles. The summed E-state index contributed by atoms with van der Waals surface area (Å²) < 4.78 is 58.6. The molecule has 1 aliphatic carbocycles. The summed E-state index contributed by atoms with van der Waals surface area (Å²) in [5, 5.41) is 8.22. The molecule has 4 N–H and O–H groups in total. The molecule has 1 heterocycles. The van der Waals surface area contributed by atoms with Gasteiger partial charge in [0.05, 0.1) is 5.69 Å². The molecule has 1 aromatic carbocycles. The highest BCUT2D eigenvalue weighted by Crippen LogP contribution is 2.40. The summed E-state index contributed by atoms with van der Waals surface area (Å²) in [5.41, 5.74) is 3.80. The highest BCUT2D eigenvalue weighted by atomic mass is 35.5. The number of halogens is 5. The average molecular weight is 397 g/mol. The van der Waals surface area contributed by atoms with E-state index >= 15 is 0 Å². The first-order valence-corrected chi connectivity index (χ1v) is 7.64. The van der Waals surface area contributed by atoms with Crippen LogP contribution in [0.1, 0.15) is 25.3 Å². The van der Waals surface area contributed by atoms with Crippen molar-refractivity contribution in [3.63, 3.8) is 0 Å². The Hall–Kier alpha value is -2.07. The topological polar surface area (TPSA) is 96.9 Å². The van der Waals surface area contributed by atoms with Crippen molar-refractivity contribution in [2.45, 2.75) is 38.0 Å². The van der Waals surface area contributed by atoms with Crippen LogP contribution in [0.2, 0.25) is 0 Å². The number of aromatic amines is 1.